The van der Waals surface area contributed by atoms with Crippen LogP contribution in [-0.2, 0) is 4.43 Å². The minimum absolute atomic E-state index is 0.292. The Morgan fingerprint density at radius 2 is 1.38 bits per heavy atom. The number of benzene rings is 2. The predicted octanol–water partition coefficient (Wildman–Crippen LogP) is 5.73. The molecule has 3 heteroatoms. The minimum atomic E-state index is -2.04. The van der Waals surface area contributed by atoms with E-state index in [2.05, 4.69) is 94.5 Å². The zero-order valence-corrected chi connectivity index (χ0v) is 22.7. The van der Waals surface area contributed by atoms with Gasteiger partial charge in [-0.15, -0.1) is 0 Å². The Morgan fingerprint density at radius 1 is 0.862 bits per heavy atom. The fraction of sp³-hybridized carbons (Fsp3) is 0.538. The number of rotatable bonds is 6. The maximum absolute atomic E-state index is 6.85. The van der Waals surface area contributed by atoms with Crippen LogP contribution in [0.2, 0.25) is 22.1 Å². The third-order valence-electron chi connectivity index (χ3n) is 8.03. The van der Waals surface area contributed by atoms with Crippen LogP contribution in [0.4, 0.5) is 0 Å². The molecule has 0 aromatic heterocycles. The predicted molar refractivity (Wildman–Crippen MR) is 129 cm³/mol. The molecule has 4 atom stereocenters. The molecule has 2 saturated carbocycles. The van der Waals surface area contributed by atoms with E-state index in [9.17, 15) is 0 Å². The Balaban J connectivity index is 1.66. The molecule has 2 aliphatic carbocycles. The van der Waals surface area contributed by atoms with Crippen molar-refractivity contribution in [2.24, 2.45) is 17.8 Å². The van der Waals surface area contributed by atoms with Crippen molar-refractivity contribution < 1.29 is 4.43 Å². The zero-order valence-electron chi connectivity index (χ0n) is 18.8. The summed E-state index contributed by atoms with van der Waals surface area (Å²) in [6.07, 6.45) is 4.35. The molecular formula is C26H37OSiSn. The van der Waals surface area contributed by atoms with E-state index in [1.165, 1.54) is 19.3 Å². The van der Waals surface area contributed by atoms with Gasteiger partial charge in [0.15, 0.2) is 0 Å². The summed E-state index contributed by atoms with van der Waals surface area (Å²) in [5, 5.41) is 0.292. The summed E-state index contributed by atoms with van der Waals surface area (Å²) in [5.41, 5.74) is 0. The molecule has 0 heterocycles. The van der Waals surface area contributed by atoms with E-state index in [4.69, 9.17) is 4.43 Å². The second kappa shape index (κ2) is 8.51. The summed E-state index contributed by atoms with van der Waals surface area (Å²) >= 11 is -2.04. The Hall–Kier alpha value is -0.584. The standard InChI is InChI=1S/C14H27OSi.2C6H5.Sn/c1-14(2,3)16(4,5)15-10-13-9-11-6-7-12(13)8-11;2*1-2-4-6-5-3-1;/h9,11-13H,6-8,10H2,1-5H3;2*1-5H;/t11-,12+,13+;;;/m0.../s1. The molecule has 29 heavy (non-hydrogen) atoms. The van der Waals surface area contributed by atoms with E-state index in [1.54, 1.807) is 7.16 Å². The van der Waals surface area contributed by atoms with Crippen LogP contribution in [0.3, 0.4) is 0 Å². The molecule has 0 aliphatic heterocycles. The van der Waals surface area contributed by atoms with Gasteiger partial charge in [-0.2, -0.15) is 0 Å². The molecule has 1 nitrogen and oxygen atoms in total. The first-order valence-corrected chi connectivity index (χ1v) is 18.8. The molecule has 2 aromatic carbocycles. The summed E-state index contributed by atoms with van der Waals surface area (Å²) in [6.45, 7) is 12.9. The van der Waals surface area contributed by atoms with Crippen LogP contribution in [0.5, 0.6) is 0 Å². The van der Waals surface area contributed by atoms with E-state index >= 15 is 0 Å². The van der Waals surface area contributed by atoms with Crippen molar-refractivity contribution in [3.8, 4) is 0 Å². The quantitative estimate of drug-likeness (QED) is 0.449. The van der Waals surface area contributed by atoms with Gasteiger partial charge >= 0.3 is 187 Å². The maximum atomic E-state index is 6.85. The number of fused-ring (bicyclic) bond motifs is 2. The van der Waals surface area contributed by atoms with Crippen molar-refractivity contribution in [3.05, 3.63) is 60.7 Å². The molecule has 0 unspecified atom stereocenters. The van der Waals surface area contributed by atoms with Crippen LogP contribution >= 0.6 is 0 Å². The Labute approximate surface area is 186 Å². The molecule has 0 N–H and O–H groups in total. The van der Waals surface area contributed by atoms with Crippen LogP contribution in [-0.4, -0.2) is 34.7 Å². The molecular weight excluding hydrogens is 475 g/mol. The Morgan fingerprint density at radius 3 is 1.90 bits per heavy atom. The van der Waals surface area contributed by atoms with Gasteiger partial charge in [0, 0.05) is 0 Å². The van der Waals surface area contributed by atoms with Crippen LogP contribution in [0.25, 0.3) is 0 Å². The summed E-state index contributed by atoms with van der Waals surface area (Å²) in [6, 6.07) is 23.1. The van der Waals surface area contributed by atoms with Crippen molar-refractivity contribution in [1.82, 2.24) is 0 Å². The summed E-state index contributed by atoms with van der Waals surface area (Å²) in [5.74, 6) is 2.61. The van der Waals surface area contributed by atoms with Gasteiger partial charge in [-0.1, -0.05) is 0 Å². The van der Waals surface area contributed by atoms with Gasteiger partial charge in [0.05, 0.1) is 0 Å². The zero-order chi connectivity index (χ0) is 20.6. The van der Waals surface area contributed by atoms with Gasteiger partial charge < -0.3 is 0 Å². The Kier molecular flexibility index (Phi) is 6.35. The molecule has 2 fully saturated rings. The van der Waals surface area contributed by atoms with Crippen LogP contribution < -0.4 is 7.16 Å². The third-order valence-corrected chi connectivity index (χ3v) is 22.5. The first-order valence-electron chi connectivity index (χ1n) is 11.4. The van der Waals surface area contributed by atoms with Crippen molar-refractivity contribution in [2.75, 3.05) is 6.61 Å². The number of hydrogen-bond donors (Lipinski definition) is 0. The van der Waals surface area contributed by atoms with E-state index in [0.29, 0.717) is 5.04 Å². The topological polar surface area (TPSA) is 9.23 Å². The van der Waals surface area contributed by atoms with E-state index in [1.807, 2.05) is 0 Å². The van der Waals surface area contributed by atoms with Gasteiger partial charge in [0.1, 0.15) is 0 Å². The van der Waals surface area contributed by atoms with Gasteiger partial charge in [0.2, 0.25) is 0 Å². The average molecular weight is 512 g/mol. The SMILES string of the molecule is CC(C)(C)[Si](C)(C)OC[C@@H]1[C@@H]2CC[C@@H](C2)[C@H]1[Sn]([c]1ccccc1)[c]1ccccc1. The summed E-state index contributed by atoms with van der Waals surface area (Å²) in [7, 11) is -1.70. The fourth-order valence-electron chi connectivity index (χ4n) is 5.41. The molecule has 1 radical (unpaired) electrons. The summed E-state index contributed by atoms with van der Waals surface area (Å²) < 4.78 is 11.1. The fourth-order valence-corrected chi connectivity index (χ4v) is 17.2. The Bertz CT molecular complexity index is 759. The van der Waals surface area contributed by atoms with E-state index in [0.717, 1.165) is 28.3 Å². The van der Waals surface area contributed by atoms with E-state index in [-0.39, 0.29) is 0 Å². The van der Waals surface area contributed by atoms with Crippen LogP contribution in [0.15, 0.2) is 60.7 Å². The molecule has 2 aliphatic rings. The van der Waals surface area contributed by atoms with Crippen LogP contribution in [0, 0.1) is 17.8 Å². The van der Waals surface area contributed by atoms with Crippen LogP contribution in [0.1, 0.15) is 40.0 Å². The van der Waals surface area contributed by atoms with Crippen molar-refractivity contribution >= 4 is 35.2 Å². The van der Waals surface area contributed by atoms with Gasteiger partial charge in [-0.25, -0.2) is 0 Å². The molecule has 2 aromatic rings. The van der Waals surface area contributed by atoms with Gasteiger partial charge in [-0.3, -0.25) is 0 Å². The average Bonchev–Trinajstić information content (AvgIpc) is 3.30. The monoisotopic (exact) mass is 513 g/mol. The molecule has 4 rings (SSSR count). The first-order chi connectivity index (χ1) is 13.8. The van der Waals surface area contributed by atoms with E-state index < -0.39 is 28.1 Å². The number of hydrogen-bond acceptors (Lipinski definition) is 1. The molecule has 0 saturated heterocycles. The van der Waals surface area contributed by atoms with Gasteiger partial charge in [0.25, 0.3) is 0 Å². The van der Waals surface area contributed by atoms with Crippen molar-refractivity contribution in [2.45, 2.75) is 62.1 Å². The second-order valence-electron chi connectivity index (χ2n) is 10.7. The molecule has 0 amide bonds. The molecule has 0 spiro atoms. The normalized spacial score (nSPS) is 27.0. The first kappa shape index (κ1) is 21.6. The summed E-state index contributed by atoms with van der Waals surface area (Å²) in [4.78, 5) is 0. The second-order valence-corrected chi connectivity index (χ2v) is 23.1. The molecule has 2 bridgehead atoms. The van der Waals surface area contributed by atoms with Crippen molar-refractivity contribution in [3.63, 3.8) is 0 Å². The molecule has 155 valence electrons. The van der Waals surface area contributed by atoms with Gasteiger partial charge in [-0.05, 0) is 0 Å². The third kappa shape index (κ3) is 4.40. The van der Waals surface area contributed by atoms with Crippen molar-refractivity contribution in [1.29, 1.82) is 0 Å².